The number of halogens is 51. The van der Waals surface area contributed by atoms with E-state index in [9.17, 15) is 198 Å². The molecule has 0 bridgehead atoms. The SMILES string of the molecule is Brc1ccsc1.C.C#N.C=CCCCBr.C=CCCCc1ccsc1.FC(F)(F)C(F)(F)C(F)(F)C(F)(F)C(F)(F)C(F)(F)C(F)(F)CC(I)CCCc1ccsc1.FC(F)(F)C(F)(F)C(F)(F)C(F)(F)C(F)(F)C(F)(F)C(F)(F)CCCCCc1ccsc1.FC(F)(F)C(F)(F)C(F)(F)C(F)(F)C(F)(F)C(F)(F)C(F)(F)CCCCCc1ccsc1Br.N#Cc1ccccc1.[B].[Cl][Pd][Cl].[H-].[Na+].[c-]1ccccc1. The number of unbranched alkanes of at least 4 members (excludes halogenated alkanes) is 6. The Morgan fingerprint density at radius 3 is 0.937 bits per heavy atom. The maximum absolute atomic E-state index is 13.9. The van der Waals surface area contributed by atoms with Crippen LogP contribution in [0.5, 0.6) is 0 Å². The van der Waals surface area contributed by atoms with Gasteiger partial charge in [-0.05, 0) is 230 Å². The summed E-state index contributed by atoms with van der Waals surface area (Å²) in [6, 6.07) is 32.7. The van der Waals surface area contributed by atoms with Crippen molar-refractivity contribution in [2.24, 2.45) is 0 Å². The molecule has 0 N–H and O–H groups in total. The van der Waals surface area contributed by atoms with Gasteiger partial charge in [-0.25, -0.2) is 5.26 Å². The van der Waals surface area contributed by atoms with E-state index in [0.29, 0.717) is 26.0 Å². The number of hydrogen-bond donors (Lipinski definition) is 0. The molecule has 0 aliphatic carbocycles. The minimum atomic E-state index is -8.23. The molecule has 1 unspecified atom stereocenters. The number of nitrogens with zero attached hydrogens (tertiary/aromatic N) is 2. The van der Waals surface area contributed by atoms with E-state index in [1.807, 2.05) is 83.6 Å². The fraction of sp³-hybridized carbons (Fsp3) is 0.531. The third-order valence-electron chi connectivity index (χ3n) is 17.4. The largest absolute Gasteiger partial charge is 1.00 e. The molecule has 0 fully saturated rings. The smallest absolute Gasteiger partial charge is 1.00 e. The molecule has 0 saturated carbocycles. The summed E-state index contributed by atoms with van der Waals surface area (Å²) < 4.78 is 589. The zero-order valence-corrected chi connectivity index (χ0v) is 86.9. The summed E-state index contributed by atoms with van der Waals surface area (Å²) in [6.07, 6.45) is -22.0. The molecule has 0 aliphatic rings. The number of allylic oxidation sites excluding steroid dienone is 2. The quantitative estimate of drug-likeness (QED) is 0.00731. The Morgan fingerprint density at radius 1 is 0.394 bits per heavy atom. The standard InChI is InChI=1S/C16H12BrF15S.C16H12F15IS.C16H13F15S.C9H12S.C7H5N.C6H5.C5H9Br.C4H3BrS.CHN.CH4.B.2ClH.Na.Pd.H/c17-9-8(5-7-33-9)4-2-1-3-6-10(18,19)11(20,21)12(22,23)13(24,25)14(26,27)15(28,29)16(30,31)32;17-10(18,6-9(32)3-1-2-8-4-5-33-7-8)11(19,20)12(21,22)13(23,24)14(25,26)15(27,28)16(29,30)31;17-10(18,6-3-1-2-4-9-5-7-32-8-9)11(19,20)12(21,22)13(23,24)14(25,26)15(27,28)16(29,30)31;1-2-3-4-5-9-6-7-10-8-9;8-6-7-4-2-1-3-5-7;1-2-4-6-5-3-1;1-2-3-4-5-6;5-4-1-2-6-3-4;1-2;;;;;;;/h5,7H,1-4,6H2;4-5,7,9H,1-3,6H2;5,7-8H,1-4,6H2;2,6-8H,1,3-5H2;1-5H;1-5H;2H,1,3-5H2;1-3H;1H;1H4;;2*1H;;;/q;;;;;-1;;;;;;;;+1;+2;-1/p-2. The molecule has 0 saturated heterocycles. The van der Waals surface area contributed by atoms with Crippen molar-refractivity contribution in [3.05, 3.63) is 207 Å². The molecule has 0 spiro atoms. The van der Waals surface area contributed by atoms with E-state index in [-0.39, 0.29) is 121 Å². The Hall–Kier alpha value is -3.27. The Morgan fingerprint density at radius 2 is 0.690 bits per heavy atom. The van der Waals surface area contributed by atoms with Crippen LogP contribution in [0.2, 0.25) is 0 Å². The van der Waals surface area contributed by atoms with Crippen LogP contribution < -0.4 is 29.6 Å². The first-order valence-corrected chi connectivity index (χ1v) is 50.0. The van der Waals surface area contributed by atoms with Gasteiger partial charge in [-0.3, -0.25) is 0 Å². The van der Waals surface area contributed by atoms with E-state index in [1.54, 1.807) is 79.9 Å². The van der Waals surface area contributed by atoms with E-state index in [2.05, 4.69) is 90.4 Å². The van der Waals surface area contributed by atoms with Crippen molar-refractivity contribution in [3.8, 4) is 12.6 Å². The Kier molecular flexibility index (Phi) is 67.2. The second-order valence-corrected chi connectivity index (χ2v) is 38.7. The molecule has 5 aromatic heterocycles. The maximum atomic E-state index is 13.9. The summed E-state index contributed by atoms with van der Waals surface area (Å²) in [5.41, 5.74) is 4.28. The molecule has 2 aromatic carbocycles. The normalized spacial score (nSPS) is 13.1. The van der Waals surface area contributed by atoms with Crippen LogP contribution in [0, 0.1) is 29.2 Å². The van der Waals surface area contributed by atoms with Gasteiger partial charge in [0.25, 0.3) is 0 Å². The van der Waals surface area contributed by atoms with Gasteiger partial charge in [-0.15, -0.1) is 24.5 Å². The summed E-state index contributed by atoms with van der Waals surface area (Å²) in [4.78, 5) is 0. The maximum Gasteiger partial charge on any atom is 1.00 e. The zero-order valence-electron chi connectivity index (χ0n) is 71.8. The minimum absolute atomic E-state index is 0. The predicted molar refractivity (Wildman–Crippen MR) is 469 cm³/mol. The molecule has 0 amide bonds. The van der Waals surface area contributed by atoms with E-state index in [4.69, 9.17) is 29.6 Å². The Bertz CT molecular complexity index is 4540. The predicted octanol–water partition coefficient (Wildman–Crippen LogP) is 35.9. The number of nitriles is 2. The molecule has 1 atom stereocenters. The second kappa shape index (κ2) is 63.9. The third kappa shape index (κ3) is 40.4. The van der Waals surface area contributed by atoms with Gasteiger partial charge in [0.05, 0.1) is 15.4 Å². The van der Waals surface area contributed by atoms with Gasteiger partial charge in [-0.2, -0.15) is 285 Å². The summed E-state index contributed by atoms with van der Waals surface area (Å²) >= 11 is 17.9. The molecule has 813 valence electrons. The van der Waals surface area contributed by atoms with Gasteiger partial charge >= 0.3 is 190 Å². The fourth-order valence-electron chi connectivity index (χ4n) is 9.62. The first kappa shape index (κ1) is 149. The van der Waals surface area contributed by atoms with Crippen LogP contribution >= 0.6 is 146 Å². The number of rotatable bonds is 40. The average Bonchev–Trinajstić information content (AvgIpc) is 0.856. The van der Waals surface area contributed by atoms with E-state index in [1.165, 1.54) is 63.3 Å². The van der Waals surface area contributed by atoms with E-state index < -0.39 is 161 Å². The van der Waals surface area contributed by atoms with Crippen LogP contribution in [-0.2, 0) is 41.6 Å². The first-order valence-electron chi connectivity index (χ1n) is 37.4. The third-order valence-corrected chi connectivity index (χ3v) is 24.5. The van der Waals surface area contributed by atoms with Crippen molar-refractivity contribution < 1.29 is 244 Å². The molecule has 3 radical (unpaired) electrons. The van der Waals surface area contributed by atoms with Crippen molar-refractivity contribution >= 4 is 155 Å². The molecule has 5 heterocycles. The van der Waals surface area contributed by atoms with Crippen molar-refractivity contribution in [2.75, 3.05) is 5.33 Å². The summed E-state index contributed by atoms with van der Waals surface area (Å²) in [7, 11) is 9.63. The van der Waals surface area contributed by atoms with E-state index in [0.717, 1.165) is 40.8 Å². The van der Waals surface area contributed by atoms with Crippen LogP contribution in [0.3, 0.4) is 0 Å². The first-order chi connectivity index (χ1) is 63.1. The number of aryl methyl sites for hydroxylation is 4. The second-order valence-electron chi connectivity index (χ2n) is 27.5. The van der Waals surface area contributed by atoms with Crippen molar-refractivity contribution in [1.82, 2.24) is 0 Å². The number of hydrogen-bond acceptors (Lipinski definition) is 7. The van der Waals surface area contributed by atoms with Crippen molar-refractivity contribution in [2.45, 2.75) is 258 Å². The van der Waals surface area contributed by atoms with Gasteiger partial charge in [-0.1, -0.05) is 89.1 Å². The number of benzene rings is 2. The average molecular weight is 2670 g/mol. The van der Waals surface area contributed by atoms with E-state index >= 15 is 0 Å². The molecule has 0 aliphatic heterocycles. The molecular formula is C81H77BBr3Cl2F45IN2NaPdS5-. The van der Waals surface area contributed by atoms with Gasteiger partial charge in [0.15, 0.2) is 0 Å². The summed E-state index contributed by atoms with van der Waals surface area (Å²) in [6.45, 7) is 10.8. The molecule has 7 aromatic rings. The van der Waals surface area contributed by atoms with Crippen LogP contribution in [0.15, 0.2) is 173 Å². The van der Waals surface area contributed by atoms with Crippen LogP contribution in [0.1, 0.15) is 133 Å². The van der Waals surface area contributed by atoms with Gasteiger partial charge in [0.2, 0.25) is 0 Å². The summed E-state index contributed by atoms with van der Waals surface area (Å²) in [5, 5.41) is 32.5. The van der Waals surface area contributed by atoms with Crippen LogP contribution in [0.4, 0.5) is 198 Å². The number of alkyl halides is 47. The summed E-state index contributed by atoms with van der Waals surface area (Å²) in [5.74, 6) is -138. The Balaban J connectivity index is -0.000000318. The molecule has 2 nitrogen and oxygen atoms in total. The monoisotopic (exact) mass is 2670 g/mol. The zero-order chi connectivity index (χ0) is 109. The van der Waals surface area contributed by atoms with Crippen molar-refractivity contribution in [1.29, 1.82) is 10.5 Å². The Labute approximate surface area is 885 Å². The molecule has 142 heavy (non-hydrogen) atoms. The van der Waals surface area contributed by atoms with Gasteiger partial charge < -0.3 is 1.43 Å². The topological polar surface area (TPSA) is 47.6 Å². The minimum Gasteiger partial charge on any atom is -1.00 e. The van der Waals surface area contributed by atoms with Crippen molar-refractivity contribution in [3.63, 3.8) is 0 Å². The van der Waals surface area contributed by atoms with Gasteiger partial charge in [0.1, 0.15) is 0 Å². The molecule has 7 rings (SSSR count). The van der Waals surface area contributed by atoms with Gasteiger partial charge in [0, 0.05) is 53.4 Å². The van der Waals surface area contributed by atoms with Crippen LogP contribution in [0.25, 0.3) is 0 Å². The molecule has 61 heteroatoms. The molecular weight excluding hydrogens is 2590 g/mol. The fourth-order valence-corrected chi connectivity index (χ4v) is 15.5. The van der Waals surface area contributed by atoms with Crippen LogP contribution in [-0.4, -0.2) is 143 Å². The number of thiophene rings is 5.